The van der Waals surface area contributed by atoms with Crippen molar-refractivity contribution in [3.05, 3.63) is 41.5 Å². The Labute approximate surface area is 91.0 Å². The third-order valence-corrected chi connectivity index (χ3v) is 2.02. The number of hydrogen-bond donors (Lipinski definition) is 1. The first kappa shape index (κ1) is 11.5. The zero-order chi connectivity index (χ0) is 11.3. The summed E-state index contributed by atoms with van der Waals surface area (Å²) in [6, 6.07) is 7.92. The Kier molecular flexibility index (Phi) is 4.10. The van der Waals surface area contributed by atoms with Crippen LogP contribution in [0.4, 0.5) is 5.69 Å². The maximum atomic E-state index is 10.8. The quantitative estimate of drug-likeness (QED) is 0.751. The molecule has 1 aromatic carbocycles. The predicted molar refractivity (Wildman–Crippen MR) is 63.9 cm³/mol. The average molecular weight is 203 g/mol. The molecule has 15 heavy (non-hydrogen) atoms. The van der Waals surface area contributed by atoms with Crippen molar-refractivity contribution in [2.75, 3.05) is 5.32 Å². The van der Waals surface area contributed by atoms with Gasteiger partial charge in [-0.15, -0.1) is 0 Å². The molecule has 0 saturated heterocycles. The summed E-state index contributed by atoms with van der Waals surface area (Å²) in [4.78, 5) is 10.8. The van der Waals surface area contributed by atoms with Gasteiger partial charge in [0.05, 0.1) is 0 Å². The van der Waals surface area contributed by atoms with Crippen molar-refractivity contribution in [2.45, 2.75) is 27.2 Å². The number of hydrogen-bond acceptors (Lipinski definition) is 1. The fourth-order valence-electron chi connectivity index (χ4n) is 1.25. The van der Waals surface area contributed by atoms with Crippen molar-refractivity contribution in [3.63, 3.8) is 0 Å². The molecule has 0 aliphatic carbocycles. The van der Waals surface area contributed by atoms with E-state index in [9.17, 15) is 4.79 Å². The van der Waals surface area contributed by atoms with E-state index in [2.05, 4.69) is 25.2 Å². The number of benzene rings is 1. The molecule has 0 radical (unpaired) electrons. The molecule has 0 spiro atoms. The van der Waals surface area contributed by atoms with Crippen LogP contribution < -0.4 is 5.32 Å². The van der Waals surface area contributed by atoms with Crippen molar-refractivity contribution in [1.82, 2.24) is 0 Å². The van der Waals surface area contributed by atoms with Gasteiger partial charge in [-0.05, 0) is 38.0 Å². The highest BCUT2D eigenvalue weighted by atomic mass is 16.1. The van der Waals surface area contributed by atoms with Gasteiger partial charge in [-0.1, -0.05) is 23.8 Å². The molecule has 0 saturated carbocycles. The number of carbonyl (C=O) groups is 1. The molecule has 0 unspecified atom stereocenters. The highest BCUT2D eigenvalue weighted by molar-refractivity contribution is 5.88. The Morgan fingerprint density at radius 2 is 1.80 bits per heavy atom. The second kappa shape index (κ2) is 5.35. The van der Waals surface area contributed by atoms with Crippen molar-refractivity contribution < 1.29 is 4.79 Å². The van der Waals surface area contributed by atoms with Gasteiger partial charge in [0, 0.05) is 12.6 Å². The Morgan fingerprint density at radius 1 is 1.20 bits per heavy atom. The van der Waals surface area contributed by atoms with Crippen LogP contribution in [0.15, 0.2) is 35.9 Å². The molecule has 0 aliphatic heterocycles. The molecule has 0 aromatic heterocycles. The van der Waals surface area contributed by atoms with Crippen LogP contribution in [0.2, 0.25) is 0 Å². The summed E-state index contributed by atoms with van der Waals surface area (Å²) in [6.45, 7) is 5.69. The zero-order valence-corrected chi connectivity index (χ0v) is 9.50. The molecular formula is C13H17NO. The van der Waals surface area contributed by atoms with Crippen LogP contribution in [-0.4, -0.2) is 5.91 Å². The first-order valence-electron chi connectivity index (χ1n) is 5.08. The number of amides is 1. The van der Waals surface area contributed by atoms with Gasteiger partial charge in [-0.3, -0.25) is 4.79 Å². The van der Waals surface area contributed by atoms with Gasteiger partial charge in [-0.25, -0.2) is 0 Å². The van der Waals surface area contributed by atoms with E-state index in [0.29, 0.717) is 0 Å². The summed E-state index contributed by atoms with van der Waals surface area (Å²) in [5, 5.41) is 2.74. The highest BCUT2D eigenvalue weighted by Gasteiger charge is 1.95. The Hall–Kier alpha value is -1.57. The molecular weight excluding hydrogens is 186 g/mol. The fourth-order valence-corrected chi connectivity index (χ4v) is 1.25. The maximum Gasteiger partial charge on any atom is 0.221 e. The van der Waals surface area contributed by atoms with Crippen LogP contribution in [0, 0.1) is 0 Å². The summed E-state index contributed by atoms with van der Waals surface area (Å²) in [6.07, 6.45) is 3.14. The van der Waals surface area contributed by atoms with Crippen LogP contribution in [0.1, 0.15) is 26.3 Å². The summed E-state index contributed by atoms with van der Waals surface area (Å²) < 4.78 is 0. The van der Waals surface area contributed by atoms with Crippen LogP contribution in [0.3, 0.4) is 0 Å². The minimum atomic E-state index is -0.0351. The van der Waals surface area contributed by atoms with Gasteiger partial charge in [0.2, 0.25) is 5.91 Å². The lowest BCUT2D eigenvalue weighted by molar-refractivity contribution is -0.114. The van der Waals surface area contributed by atoms with E-state index < -0.39 is 0 Å². The molecule has 0 atom stereocenters. The molecule has 0 heterocycles. The minimum Gasteiger partial charge on any atom is -0.326 e. The molecule has 2 heteroatoms. The minimum absolute atomic E-state index is 0.0351. The summed E-state index contributed by atoms with van der Waals surface area (Å²) >= 11 is 0. The van der Waals surface area contributed by atoms with Crippen molar-refractivity contribution in [1.29, 1.82) is 0 Å². The lowest BCUT2D eigenvalue weighted by atomic mass is 10.1. The van der Waals surface area contributed by atoms with Gasteiger partial charge < -0.3 is 5.32 Å². The predicted octanol–water partition coefficient (Wildman–Crippen LogP) is 3.15. The van der Waals surface area contributed by atoms with Gasteiger partial charge >= 0.3 is 0 Å². The van der Waals surface area contributed by atoms with Gasteiger partial charge in [-0.2, -0.15) is 0 Å². The third-order valence-electron chi connectivity index (χ3n) is 2.02. The van der Waals surface area contributed by atoms with E-state index in [1.807, 2.05) is 24.3 Å². The van der Waals surface area contributed by atoms with Crippen LogP contribution >= 0.6 is 0 Å². The number of nitrogens with one attached hydrogen (secondary N) is 1. The molecule has 1 N–H and O–H groups in total. The SMILES string of the molecule is CC(=O)Nc1ccc(CC=C(C)C)cc1. The van der Waals surface area contributed by atoms with E-state index in [4.69, 9.17) is 0 Å². The molecule has 2 nitrogen and oxygen atoms in total. The highest BCUT2D eigenvalue weighted by Crippen LogP contribution is 2.10. The summed E-state index contributed by atoms with van der Waals surface area (Å²) in [7, 11) is 0. The van der Waals surface area contributed by atoms with E-state index in [-0.39, 0.29) is 5.91 Å². The standard InChI is InChI=1S/C13H17NO/c1-10(2)4-5-12-6-8-13(9-7-12)14-11(3)15/h4,6-9H,5H2,1-3H3,(H,14,15). The number of anilines is 1. The number of carbonyl (C=O) groups excluding carboxylic acids is 1. The molecule has 80 valence electrons. The van der Waals surface area contributed by atoms with Crippen molar-refractivity contribution in [3.8, 4) is 0 Å². The number of rotatable bonds is 3. The molecule has 1 aromatic rings. The van der Waals surface area contributed by atoms with Crippen molar-refractivity contribution in [2.24, 2.45) is 0 Å². The largest absolute Gasteiger partial charge is 0.326 e. The fraction of sp³-hybridized carbons (Fsp3) is 0.308. The molecule has 0 fully saturated rings. The first-order valence-corrected chi connectivity index (χ1v) is 5.08. The maximum absolute atomic E-state index is 10.8. The summed E-state index contributed by atoms with van der Waals surface area (Å²) in [5.41, 5.74) is 3.43. The normalized spacial score (nSPS) is 9.53. The Bertz CT molecular complexity index is 359. The number of allylic oxidation sites excluding steroid dienone is 2. The zero-order valence-electron chi connectivity index (χ0n) is 9.50. The second-order valence-electron chi connectivity index (χ2n) is 3.86. The second-order valence-corrected chi connectivity index (χ2v) is 3.86. The topological polar surface area (TPSA) is 29.1 Å². The van der Waals surface area contributed by atoms with Gasteiger partial charge in [0.25, 0.3) is 0 Å². The van der Waals surface area contributed by atoms with Crippen molar-refractivity contribution >= 4 is 11.6 Å². The van der Waals surface area contributed by atoms with Gasteiger partial charge in [0.15, 0.2) is 0 Å². The smallest absolute Gasteiger partial charge is 0.221 e. The average Bonchev–Trinajstić information content (AvgIpc) is 2.16. The third kappa shape index (κ3) is 4.45. The Morgan fingerprint density at radius 3 is 2.27 bits per heavy atom. The van der Waals surface area contributed by atoms with E-state index in [1.165, 1.54) is 18.1 Å². The van der Waals surface area contributed by atoms with E-state index in [1.54, 1.807) is 0 Å². The monoisotopic (exact) mass is 203 g/mol. The summed E-state index contributed by atoms with van der Waals surface area (Å²) in [5.74, 6) is -0.0351. The molecule has 1 amide bonds. The lowest BCUT2D eigenvalue weighted by Crippen LogP contribution is -2.05. The van der Waals surface area contributed by atoms with Crippen LogP contribution in [-0.2, 0) is 11.2 Å². The molecule has 0 bridgehead atoms. The van der Waals surface area contributed by atoms with E-state index in [0.717, 1.165) is 12.1 Å². The lowest BCUT2D eigenvalue weighted by Gasteiger charge is -2.03. The Balaban J connectivity index is 2.64. The van der Waals surface area contributed by atoms with Gasteiger partial charge in [0.1, 0.15) is 0 Å². The van der Waals surface area contributed by atoms with E-state index >= 15 is 0 Å². The van der Waals surface area contributed by atoms with Crippen LogP contribution in [0.25, 0.3) is 0 Å². The first-order chi connectivity index (χ1) is 7.08. The van der Waals surface area contributed by atoms with Crippen LogP contribution in [0.5, 0.6) is 0 Å². The molecule has 1 rings (SSSR count). The molecule has 0 aliphatic rings.